The summed E-state index contributed by atoms with van der Waals surface area (Å²) in [6.45, 7) is 5.67. The highest BCUT2D eigenvalue weighted by Crippen LogP contribution is 2.46. The number of hydrogen-bond acceptors (Lipinski definition) is 3. The molecule has 24 heavy (non-hydrogen) atoms. The third-order valence-electron chi connectivity index (χ3n) is 4.68. The molecule has 0 saturated carbocycles. The molecule has 4 rings (SSSR count). The zero-order valence-corrected chi connectivity index (χ0v) is 14.0. The fourth-order valence-corrected chi connectivity index (χ4v) is 3.40. The lowest BCUT2D eigenvalue weighted by molar-refractivity contribution is -0.256. The van der Waals surface area contributed by atoms with Crippen LogP contribution in [-0.4, -0.2) is 19.1 Å². The summed E-state index contributed by atoms with van der Waals surface area (Å²) in [6.07, 6.45) is 0.814. The van der Waals surface area contributed by atoms with Gasteiger partial charge in [0, 0.05) is 5.56 Å². The fraction of sp³-hybridized carbons (Fsp3) is 0.350. The number of nitrogens with zero attached hydrogens (tertiary/aromatic N) is 1. The van der Waals surface area contributed by atoms with Crippen molar-refractivity contribution in [2.75, 3.05) is 18.1 Å². The van der Waals surface area contributed by atoms with Crippen molar-refractivity contribution in [1.82, 2.24) is 0 Å². The van der Waals surface area contributed by atoms with Gasteiger partial charge in [-0.1, -0.05) is 41.5 Å². The van der Waals surface area contributed by atoms with Crippen LogP contribution in [0.3, 0.4) is 0 Å². The molecule has 0 aliphatic carbocycles. The second kappa shape index (κ2) is 5.72. The summed E-state index contributed by atoms with van der Waals surface area (Å²) in [4.78, 5) is 15.0. The van der Waals surface area contributed by atoms with Crippen LogP contribution >= 0.6 is 0 Å². The lowest BCUT2D eigenvalue weighted by Crippen LogP contribution is -2.47. The molecule has 1 amide bonds. The Bertz CT molecular complexity index is 776. The molecule has 0 unspecified atom stereocenters. The molecule has 1 spiro atoms. The summed E-state index contributed by atoms with van der Waals surface area (Å²) in [7, 11) is 0. The molecule has 2 aliphatic rings. The minimum atomic E-state index is -1.26. The summed E-state index contributed by atoms with van der Waals surface area (Å²) < 4.78 is 11.8. The number of carbonyl (C=O) groups is 1. The predicted octanol–water partition coefficient (Wildman–Crippen LogP) is 3.44. The van der Waals surface area contributed by atoms with Gasteiger partial charge >= 0.3 is 0 Å². The SMILES string of the molecule is Cc1ccc(CN2C(=O)C3(OCCCO3)c3cc(C)ccc32)cc1. The summed E-state index contributed by atoms with van der Waals surface area (Å²) in [5, 5.41) is 0. The van der Waals surface area contributed by atoms with E-state index >= 15 is 0 Å². The van der Waals surface area contributed by atoms with Crippen LogP contribution in [0.15, 0.2) is 42.5 Å². The smallest absolute Gasteiger partial charge is 0.292 e. The van der Waals surface area contributed by atoms with E-state index in [0.29, 0.717) is 19.8 Å². The molecule has 2 aromatic carbocycles. The van der Waals surface area contributed by atoms with E-state index in [-0.39, 0.29) is 5.91 Å². The zero-order valence-electron chi connectivity index (χ0n) is 14.0. The first kappa shape index (κ1) is 15.4. The van der Waals surface area contributed by atoms with Gasteiger partial charge in [-0.2, -0.15) is 0 Å². The molecule has 0 aromatic heterocycles. The standard InChI is InChI=1S/C20H21NO3/c1-14-4-7-16(8-5-14)13-21-18-9-6-15(2)12-17(18)20(19(21)22)23-10-3-11-24-20/h4-9,12H,3,10-11,13H2,1-2H3. The third kappa shape index (κ3) is 2.34. The maximum atomic E-state index is 13.2. The molecule has 0 bridgehead atoms. The molecule has 0 atom stereocenters. The van der Waals surface area contributed by atoms with Gasteiger partial charge in [-0.05, 0) is 38.0 Å². The summed E-state index contributed by atoms with van der Waals surface area (Å²) >= 11 is 0. The molecule has 4 heteroatoms. The van der Waals surface area contributed by atoms with Gasteiger partial charge in [-0.3, -0.25) is 4.79 Å². The molecular formula is C20H21NO3. The van der Waals surface area contributed by atoms with Crippen molar-refractivity contribution in [3.63, 3.8) is 0 Å². The van der Waals surface area contributed by atoms with E-state index in [9.17, 15) is 4.79 Å². The first-order valence-electron chi connectivity index (χ1n) is 8.37. The van der Waals surface area contributed by atoms with Crippen molar-refractivity contribution < 1.29 is 14.3 Å². The lowest BCUT2D eigenvalue weighted by Gasteiger charge is -2.32. The Morgan fingerprint density at radius 3 is 2.38 bits per heavy atom. The predicted molar refractivity (Wildman–Crippen MR) is 91.7 cm³/mol. The Kier molecular flexibility index (Phi) is 3.66. The van der Waals surface area contributed by atoms with Gasteiger partial charge in [0.25, 0.3) is 11.7 Å². The average Bonchev–Trinajstić information content (AvgIpc) is 2.80. The van der Waals surface area contributed by atoms with Gasteiger partial charge in [0.15, 0.2) is 0 Å². The molecular weight excluding hydrogens is 302 g/mol. The van der Waals surface area contributed by atoms with Crippen LogP contribution in [0.25, 0.3) is 0 Å². The van der Waals surface area contributed by atoms with Gasteiger partial charge in [0.05, 0.1) is 25.4 Å². The maximum absolute atomic E-state index is 13.2. The molecule has 2 aliphatic heterocycles. The van der Waals surface area contributed by atoms with Gasteiger partial charge in [0.1, 0.15) is 0 Å². The van der Waals surface area contributed by atoms with E-state index in [2.05, 4.69) is 31.2 Å². The Hall–Kier alpha value is -2.17. The highest BCUT2D eigenvalue weighted by atomic mass is 16.7. The number of hydrogen-bond donors (Lipinski definition) is 0. The highest BCUT2D eigenvalue weighted by Gasteiger charge is 2.54. The molecule has 1 saturated heterocycles. The van der Waals surface area contributed by atoms with Crippen molar-refractivity contribution in [3.05, 3.63) is 64.7 Å². The molecule has 1 fully saturated rings. The number of anilines is 1. The van der Waals surface area contributed by atoms with E-state index in [1.54, 1.807) is 4.90 Å². The number of ether oxygens (including phenoxy) is 2. The molecule has 124 valence electrons. The summed E-state index contributed by atoms with van der Waals surface area (Å²) in [6, 6.07) is 14.3. The number of carbonyl (C=O) groups excluding carboxylic acids is 1. The Morgan fingerprint density at radius 2 is 1.67 bits per heavy atom. The topological polar surface area (TPSA) is 38.8 Å². The van der Waals surface area contributed by atoms with E-state index in [1.807, 2.05) is 25.1 Å². The van der Waals surface area contributed by atoms with E-state index in [0.717, 1.165) is 28.8 Å². The van der Waals surface area contributed by atoms with E-state index in [4.69, 9.17) is 9.47 Å². The Labute approximate surface area is 142 Å². The van der Waals surface area contributed by atoms with E-state index in [1.165, 1.54) is 5.56 Å². The van der Waals surface area contributed by atoms with Crippen molar-refractivity contribution in [2.45, 2.75) is 32.6 Å². The monoisotopic (exact) mass is 323 g/mol. The highest BCUT2D eigenvalue weighted by molar-refractivity contribution is 6.06. The molecule has 2 heterocycles. The van der Waals surface area contributed by atoms with Crippen molar-refractivity contribution in [2.24, 2.45) is 0 Å². The van der Waals surface area contributed by atoms with Crippen LogP contribution in [0.1, 0.15) is 28.7 Å². The Balaban J connectivity index is 1.76. The first-order chi connectivity index (χ1) is 11.6. The number of rotatable bonds is 2. The number of amides is 1. The maximum Gasteiger partial charge on any atom is 0.292 e. The number of benzene rings is 2. The van der Waals surface area contributed by atoms with Crippen molar-refractivity contribution >= 4 is 11.6 Å². The molecule has 4 nitrogen and oxygen atoms in total. The third-order valence-corrected chi connectivity index (χ3v) is 4.68. The second-order valence-corrected chi connectivity index (χ2v) is 6.56. The average molecular weight is 323 g/mol. The second-order valence-electron chi connectivity index (χ2n) is 6.56. The van der Waals surface area contributed by atoms with Crippen molar-refractivity contribution in [1.29, 1.82) is 0 Å². The Morgan fingerprint density at radius 1 is 1.00 bits per heavy atom. The largest absolute Gasteiger partial charge is 0.338 e. The summed E-state index contributed by atoms with van der Waals surface area (Å²) in [5.74, 6) is -1.38. The van der Waals surface area contributed by atoms with E-state index < -0.39 is 5.79 Å². The quantitative estimate of drug-likeness (QED) is 0.850. The van der Waals surface area contributed by atoms with Crippen molar-refractivity contribution in [3.8, 4) is 0 Å². The minimum Gasteiger partial charge on any atom is -0.338 e. The van der Waals surface area contributed by atoms with Gasteiger partial charge in [-0.25, -0.2) is 0 Å². The van der Waals surface area contributed by atoms with Crippen LogP contribution in [0.4, 0.5) is 5.69 Å². The number of fused-ring (bicyclic) bond motifs is 2. The van der Waals surface area contributed by atoms with Gasteiger partial charge in [0.2, 0.25) is 0 Å². The number of aryl methyl sites for hydroxylation is 2. The van der Waals surface area contributed by atoms with Gasteiger partial charge < -0.3 is 14.4 Å². The molecule has 0 N–H and O–H groups in total. The minimum absolute atomic E-state index is 0.122. The zero-order chi connectivity index (χ0) is 16.7. The van der Waals surface area contributed by atoms with Crippen LogP contribution in [0.5, 0.6) is 0 Å². The fourth-order valence-electron chi connectivity index (χ4n) is 3.40. The van der Waals surface area contributed by atoms with Crippen LogP contribution in [-0.2, 0) is 26.6 Å². The summed E-state index contributed by atoms with van der Waals surface area (Å²) in [5.41, 5.74) is 5.11. The van der Waals surface area contributed by atoms with Crippen LogP contribution in [0, 0.1) is 13.8 Å². The molecule has 2 aromatic rings. The normalized spacial score (nSPS) is 18.9. The van der Waals surface area contributed by atoms with Gasteiger partial charge in [-0.15, -0.1) is 0 Å². The lowest BCUT2D eigenvalue weighted by atomic mass is 10.0. The van der Waals surface area contributed by atoms with Crippen LogP contribution < -0.4 is 4.90 Å². The first-order valence-corrected chi connectivity index (χ1v) is 8.37. The molecule has 0 radical (unpaired) electrons. The van der Waals surface area contributed by atoms with Crippen LogP contribution in [0.2, 0.25) is 0 Å².